The summed E-state index contributed by atoms with van der Waals surface area (Å²) < 4.78 is 12.4. The monoisotopic (exact) mass is 266 g/mol. The van der Waals surface area contributed by atoms with Crippen molar-refractivity contribution < 1.29 is 4.21 Å². The molecule has 100 valence electrons. The van der Waals surface area contributed by atoms with Gasteiger partial charge in [-0.2, -0.15) is 0 Å². The maximum Gasteiger partial charge on any atom is 0.112 e. The highest BCUT2D eigenvalue weighted by atomic mass is 32.2. The molecule has 0 aromatic heterocycles. The standard InChI is InChI=1S/C14H22N2OS/c1-14(2)10-16(5)13(18(14)17)11-6-8-12(9-7-11)15(3)4/h6-9,13H,10H2,1-5H3. The summed E-state index contributed by atoms with van der Waals surface area (Å²) in [5, 5.41) is 0.0243. The fourth-order valence-corrected chi connectivity index (χ4v) is 4.27. The summed E-state index contributed by atoms with van der Waals surface area (Å²) in [6.07, 6.45) is 0. The summed E-state index contributed by atoms with van der Waals surface area (Å²) in [6, 6.07) is 8.36. The minimum atomic E-state index is -0.857. The molecule has 0 bridgehead atoms. The van der Waals surface area contributed by atoms with E-state index in [9.17, 15) is 4.21 Å². The molecule has 18 heavy (non-hydrogen) atoms. The van der Waals surface area contributed by atoms with Gasteiger partial charge in [0.25, 0.3) is 0 Å². The molecule has 1 aromatic carbocycles. The maximum atomic E-state index is 12.5. The first-order valence-electron chi connectivity index (χ1n) is 6.21. The van der Waals surface area contributed by atoms with E-state index in [1.54, 1.807) is 0 Å². The van der Waals surface area contributed by atoms with Crippen LogP contribution in [-0.4, -0.2) is 41.5 Å². The lowest BCUT2D eigenvalue weighted by Gasteiger charge is -2.20. The molecule has 2 unspecified atom stereocenters. The molecule has 1 aliphatic heterocycles. The zero-order valence-electron chi connectivity index (χ0n) is 11.8. The summed E-state index contributed by atoms with van der Waals surface area (Å²) in [4.78, 5) is 4.27. The smallest absolute Gasteiger partial charge is 0.112 e. The Morgan fingerprint density at radius 1 is 1.28 bits per heavy atom. The van der Waals surface area contributed by atoms with E-state index in [4.69, 9.17) is 0 Å². The molecule has 1 heterocycles. The summed E-state index contributed by atoms with van der Waals surface area (Å²) in [5.41, 5.74) is 2.32. The van der Waals surface area contributed by atoms with Gasteiger partial charge in [0.05, 0.1) is 15.5 Å². The zero-order chi connectivity index (χ0) is 13.5. The summed E-state index contributed by atoms with van der Waals surface area (Å²) in [6.45, 7) is 5.03. The van der Waals surface area contributed by atoms with Crippen LogP contribution < -0.4 is 4.90 Å². The predicted octanol–water partition coefficient (Wildman–Crippen LogP) is 2.22. The molecular formula is C14H22N2OS. The average Bonchev–Trinajstić information content (AvgIpc) is 2.48. The molecule has 1 saturated heterocycles. The largest absolute Gasteiger partial charge is 0.378 e. The van der Waals surface area contributed by atoms with Crippen molar-refractivity contribution in [3.05, 3.63) is 29.8 Å². The van der Waals surface area contributed by atoms with E-state index in [0.717, 1.165) is 12.1 Å². The van der Waals surface area contributed by atoms with Gasteiger partial charge in [-0.3, -0.25) is 9.11 Å². The van der Waals surface area contributed by atoms with Crippen LogP contribution in [0.1, 0.15) is 24.8 Å². The number of benzene rings is 1. The molecule has 1 fully saturated rings. The third-order valence-corrected chi connectivity index (χ3v) is 5.73. The third-order valence-electron chi connectivity index (χ3n) is 3.47. The van der Waals surface area contributed by atoms with Gasteiger partial charge in [-0.1, -0.05) is 12.1 Å². The van der Waals surface area contributed by atoms with Gasteiger partial charge in [-0.15, -0.1) is 0 Å². The Morgan fingerprint density at radius 2 is 1.83 bits per heavy atom. The van der Waals surface area contributed by atoms with Crippen molar-refractivity contribution in [2.75, 3.05) is 32.6 Å². The van der Waals surface area contributed by atoms with E-state index in [1.807, 2.05) is 14.1 Å². The van der Waals surface area contributed by atoms with Crippen molar-refractivity contribution in [3.63, 3.8) is 0 Å². The lowest BCUT2D eigenvalue weighted by molar-refractivity contribution is 0.325. The minimum Gasteiger partial charge on any atom is -0.378 e. The fraction of sp³-hybridized carbons (Fsp3) is 0.571. The Hall–Kier alpha value is -0.870. The van der Waals surface area contributed by atoms with Crippen LogP contribution in [0.25, 0.3) is 0 Å². The molecule has 1 aromatic rings. The molecule has 3 nitrogen and oxygen atoms in total. The molecule has 1 aliphatic rings. The fourth-order valence-electron chi connectivity index (χ4n) is 2.53. The van der Waals surface area contributed by atoms with Crippen LogP contribution >= 0.6 is 0 Å². The highest BCUT2D eigenvalue weighted by Gasteiger charge is 2.43. The summed E-state index contributed by atoms with van der Waals surface area (Å²) in [5.74, 6) is 0. The first-order chi connectivity index (χ1) is 8.33. The predicted molar refractivity (Wildman–Crippen MR) is 78.4 cm³/mol. The van der Waals surface area contributed by atoms with Gasteiger partial charge in [0, 0.05) is 26.3 Å². The van der Waals surface area contributed by atoms with E-state index in [0.29, 0.717) is 0 Å². The second-order valence-corrected chi connectivity index (χ2v) is 7.96. The molecule has 0 amide bonds. The Kier molecular flexibility index (Phi) is 3.52. The van der Waals surface area contributed by atoms with Crippen LogP contribution in [0.3, 0.4) is 0 Å². The normalized spacial score (nSPS) is 27.4. The Bertz CT molecular complexity index is 453. The molecule has 2 atom stereocenters. The molecule has 0 saturated carbocycles. The van der Waals surface area contributed by atoms with Crippen LogP contribution in [0.5, 0.6) is 0 Å². The van der Waals surface area contributed by atoms with Crippen molar-refractivity contribution in [3.8, 4) is 0 Å². The van der Waals surface area contributed by atoms with Crippen LogP contribution in [-0.2, 0) is 10.8 Å². The lowest BCUT2D eigenvalue weighted by Crippen LogP contribution is -2.26. The highest BCUT2D eigenvalue weighted by molar-refractivity contribution is 7.86. The summed E-state index contributed by atoms with van der Waals surface area (Å²) in [7, 11) is 5.25. The number of anilines is 1. The van der Waals surface area contributed by atoms with E-state index in [2.05, 4.69) is 55.0 Å². The van der Waals surface area contributed by atoms with Crippen LogP contribution in [0, 0.1) is 0 Å². The van der Waals surface area contributed by atoms with Crippen molar-refractivity contribution >= 4 is 16.5 Å². The molecule has 0 spiro atoms. The van der Waals surface area contributed by atoms with E-state index < -0.39 is 10.8 Å². The van der Waals surface area contributed by atoms with Crippen molar-refractivity contribution in [2.45, 2.75) is 24.0 Å². The average molecular weight is 266 g/mol. The van der Waals surface area contributed by atoms with Gasteiger partial charge in [-0.25, -0.2) is 0 Å². The molecule has 0 N–H and O–H groups in total. The van der Waals surface area contributed by atoms with Crippen molar-refractivity contribution in [1.29, 1.82) is 0 Å². The first kappa shape index (κ1) is 13.6. The molecule has 4 heteroatoms. The van der Waals surface area contributed by atoms with Crippen LogP contribution in [0.4, 0.5) is 5.69 Å². The SMILES string of the molecule is CN(C)c1ccc(C2N(C)CC(C)(C)S2=O)cc1. The second-order valence-electron chi connectivity index (χ2n) is 5.81. The van der Waals surface area contributed by atoms with Crippen molar-refractivity contribution in [1.82, 2.24) is 4.90 Å². The number of rotatable bonds is 2. The number of hydrogen-bond donors (Lipinski definition) is 0. The van der Waals surface area contributed by atoms with Gasteiger partial charge in [0.15, 0.2) is 0 Å². The molecule has 2 rings (SSSR count). The number of hydrogen-bond acceptors (Lipinski definition) is 3. The van der Waals surface area contributed by atoms with Gasteiger partial charge in [-0.05, 0) is 38.6 Å². The topological polar surface area (TPSA) is 23.6 Å². The molecule has 0 aliphatic carbocycles. The van der Waals surface area contributed by atoms with Crippen LogP contribution in [0.2, 0.25) is 0 Å². The van der Waals surface area contributed by atoms with Gasteiger partial charge < -0.3 is 4.90 Å². The van der Waals surface area contributed by atoms with E-state index in [1.165, 1.54) is 5.69 Å². The van der Waals surface area contributed by atoms with E-state index >= 15 is 0 Å². The lowest BCUT2D eigenvalue weighted by atomic mass is 10.1. The van der Waals surface area contributed by atoms with Crippen LogP contribution in [0.15, 0.2) is 24.3 Å². The van der Waals surface area contributed by atoms with Gasteiger partial charge >= 0.3 is 0 Å². The first-order valence-corrected chi connectivity index (χ1v) is 7.42. The zero-order valence-corrected chi connectivity index (χ0v) is 12.6. The minimum absolute atomic E-state index is 0.0243. The molecule has 0 radical (unpaired) electrons. The number of nitrogens with zero attached hydrogens (tertiary/aromatic N) is 2. The summed E-state index contributed by atoms with van der Waals surface area (Å²) >= 11 is 0. The molecular weight excluding hydrogens is 244 g/mol. The highest BCUT2D eigenvalue weighted by Crippen LogP contribution is 2.38. The third kappa shape index (κ3) is 2.31. The Morgan fingerprint density at radius 3 is 2.22 bits per heavy atom. The van der Waals surface area contributed by atoms with Gasteiger partial charge in [0.2, 0.25) is 0 Å². The van der Waals surface area contributed by atoms with Gasteiger partial charge in [0.1, 0.15) is 5.37 Å². The maximum absolute atomic E-state index is 12.5. The van der Waals surface area contributed by atoms with Crippen molar-refractivity contribution in [2.24, 2.45) is 0 Å². The van der Waals surface area contributed by atoms with E-state index in [-0.39, 0.29) is 10.1 Å². The second kappa shape index (κ2) is 4.67. The quantitative estimate of drug-likeness (QED) is 0.820. The Labute approximate surface area is 112 Å². The Balaban J connectivity index is 2.29.